The highest BCUT2D eigenvalue weighted by molar-refractivity contribution is 6.32. The molecule has 10 rings (SSSR count). The molecule has 0 fully saturated rings. The number of aryl methyl sites for hydroxylation is 4. The van der Waals surface area contributed by atoms with Crippen LogP contribution in [-0.2, 0) is 9.47 Å². The summed E-state index contributed by atoms with van der Waals surface area (Å²) in [6, 6.07) is 64.1. The molecule has 0 saturated carbocycles. The molecule has 0 heterocycles. The molecule has 0 spiro atoms. The molecule has 0 aliphatic rings. The summed E-state index contributed by atoms with van der Waals surface area (Å²) in [5, 5.41) is 6.57. The van der Waals surface area contributed by atoms with E-state index in [0.717, 1.165) is 88.7 Å². The van der Waals surface area contributed by atoms with Crippen LogP contribution in [0.3, 0.4) is 0 Å². The van der Waals surface area contributed by atoms with Gasteiger partial charge in [-0.3, -0.25) is 0 Å². The number of hydrogen-bond acceptors (Lipinski definition) is 6. The van der Waals surface area contributed by atoms with Gasteiger partial charge in [-0.15, -0.1) is 0 Å². The fraction of sp³-hybridized carbons (Fsp3) is 0.129. The molecule has 0 N–H and O–H groups in total. The van der Waals surface area contributed by atoms with Gasteiger partial charge in [0.05, 0.1) is 35.7 Å². The van der Waals surface area contributed by atoms with Crippen molar-refractivity contribution in [2.45, 2.75) is 41.5 Å². The third kappa shape index (κ3) is 8.09. The molecule has 6 nitrogen and oxygen atoms in total. The summed E-state index contributed by atoms with van der Waals surface area (Å²) in [6.45, 7) is 12.7. The smallest absolute Gasteiger partial charge is 0.338 e. The fourth-order valence-corrected chi connectivity index (χ4v) is 9.43. The van der Waals surface area contributed by atoms with Crippen LogP contribution in [0.15, 0.2) is 182 Å². The van der Waals surface area contributed by atoms with Crippen LogP contribution in [0.25, 0.3) is 54.6 Å². The van der Waals surface area contributed by atoms with E-state index in [4.69, 9.17) is 9.47 Å². The van der Waals surface area contributed by atoms with Crippen molar-refractivity contribution in [2.24, 2.45) is 0 Å². The number of benzene rings is 10. The normalized spacial score (nSPS) is 11.3. The molecule has 10 aromatic rings. The summed E-state index contributed by atoms with van der Waals surface area (Å²) < 4.78 is 10.8. The average Bonchev–Trinajstić information content (AvgIpc) is 3.36. The minimum Gasteiger partial charge on any atom is -0.462 e. The molecule has 10 aromatic carbocycles. The van der Waals surface area contributed by atoms with Gasteiger partial charge < -0.3 is 19.3 Å². The molecule has 0 aliphatic carbocycles. The number of carbonyl (C=O) groups is 2. The Labute approximate surface area is 398 Å². The van der Waals surface area contributed by atoms with Crippen LogP contribution >= 0.6 is 0 Å². The molecule has 0 saturated heterocycles. The maximum Gasteiger partial charge on any atom is 0.338 e. The van der Waals surface area contributed by atoms with E-state index in [0.29, 0.717) is 24.3 Å². The Morgan fingerprint density at radius 3 is 0.926 bits per heavy atom. The van der Waals surface area contributed by atoms with Crippen LogP contribution in [0.2, 0.25) is 0 Å². The van der Waals surface area contributed by atoms with Crippen molar-refractivity contribution in [3.8, 4) is 22.3 Å². The van der Waals surface area contributed by atoms with E-state index in [1.165, 1.54) is 22.3 Å². The van der Waals surface area contributed by atoms with E-state index in [-0.39, 0.29) is 11.9 Å². The van der Waals surface area contributed by atoms with Gasteiger partial charge in [-0.25, -0.2) is 9.59 Å². The topological polar surface area (TPSA) is 59.1 Å². The molecule has 6 heteroatoms. The van der Waals surface area contributed by atoms with Gasteiger partial charge in [0, 0.05) is 44.3 Å². The molecular formula is C62H52N2O4. The van der Waals surface area contributed by atoms with Gasteiger partial charge in [-0.1, -0.05) is 119 Å². The quantitative estimate of drug-likeness (QED) is 0.0900. The Balaban J connectivity index is 1.35. The van der Waals surface area contributed by atoms with Crippen molar-refractivity contribution >= 4 is 78.4 Å². The van der Waals surface area contributed by atoms with E-state index >= 15 is 0 Å². The second-order valence-corrected chi connectivity index (χ2v) is 17.6. The predicted molar refractivity (Wildman–Crippen MR) is 281 cm³/mol. The van der Waals surface area contributed by atoms with Crippen LogP contribution in [0.1, 0.15) is 56.8 Å². The third-order valence-corrected chi connectivity index (χ3v) is 12.9. The lowest BCUT2D eigenvalue weighted by molar-refractivity contribution is 0.0517. The standard InChI is InChI=1S/C62H52N2O4/c1-7-67-61(65)45-21-17-43(18-22-45)55-37-57(63(47-25-9-39(3)10-26-47)48-27-11-40(4)12-28-48)53-36-34-52-56(44-19-23-46(24-20-44)62(66)68-8-2)38-58(54-35-33-51(55)59(53)60(52)54)64(49-29-13-41(5)14-30-49)50-31-15-42(6)16-32-50/h9-38H,7-8H2,1-6H3. The number of rotatable bonds is 12. The Kier molecular flexibility index (Phi) is 11.7. The first-order valence-corrected chi connectivity index (χ1v) is 23.3. The summed E-state index contributed by atoms with van der Waals surface area (Å²) in [6.07, 6.45) is 0. The van der Waals surface area contributed by atoms with Crippen molar-refractivity contribution in [3.63, 3.8) is 0 Å². The molecule has 68 heavy (non-hydrogen) atoms. The molecule has 0 bridgehead atoms. The molecule has 0 aliphatic heterocycles. The van der Waals surface area contributed by atoms with Gasteiger partial charge in [-0.05, 0) is 159 Å². The summed E-state index contributed by atoms with van der Waals surface area (Å²) in [7, 11) is 0. The Hall–Kier alpha value is -8.22. The largest absolute Gasteiger partial charge is 0.462 e. The Morgan fingerprint density at radius 1 is 0.368 bits per heavy atom. The van der Waals surface area contributed by atoms with Gasteiger partial charge >= 0.3 is 11.9 Å². The van der Waals surface area contributed by atoms with E-state index in [2.05, 4.69) is 171 Å². The second kappa shape index (κ2) is 18.2. The molecule has 334 valence electrons. The van der Waals surface area contributed by atoms with Crippen molar-refractivity contribution in [2.75, 3.05) is 23.0 Å². The van der Waals surface area contributed by atoms with E-state index < -0.39 is 0 Å². The minimum absolute atomic E-state index is 0.303. The molecular weight excluding hydrogens is 837 g/mol. The molecule has 0 aromatic heterocycles. The highest BCUT2D eigenvalue weighted by Crippen LogP contribution is 2.52. The summed E-state index contributed by atoms with van der Waals surface area (Å²) in [5.74, 6) is -0.691. The first kappa shape index (κ1) is 43.7. The van der Waals surface area contributed by atoms with Gasteiger partial charge in [0.25, 0.3) is 0 Å². The number of nitrogens with zero attached hydrogens (tertiary/aromatic N) is 2. The number of esters is 2. The van der Waals surface area contributed by atoms with Crippen LogP contribution in [0.4, 0.5) is 34.1 Å². The summed E-state index contributed by atoms with van der Waals surface area (Å²) in [4.78, 5) is 30.6. The number of anilines is 6. The van der Waals surface area contributed by atoms with Gasteiger partial charge in [0.2, 0.25) is 0 Å². The van der Waals surface area contributed by atoms with Crippen molar-refractivity contribution < 1.29 is 19.1 Å². The van der Waals surface area contributed by atoms with Gasteiger partial charge in [0.1, 0.15) is 0 Å². The van der Waals surface area contributed by atoms with Crippen molar-refractivity contribution in [1.29, 1.82) is 0 Å². The Morgan fingerprint density at radius 2 is 0.647 bits per heavy atom. The third-order valence-electron chi connectivity index (χ3n) is 12.9. The fourth-order valence-electron chi connectivity index (χ4n) is 9.43. The number of carbonyl (C=O) groups excluding carboxylic acids is 2. The zero-order valence-corrected chi connectivity index (χ0v) is 39.3. The van der Waals surface area contributed by atoms with Crippen LogP contribution in [0, 0.1) is 27.7 Å². The average molecular weight is 889 g/mol. The predicted octanol–water partition coefficient (Wildman–Crippen LogP) is 16.4. The van der Waals surface area contributed by atoms with Crippen molar-refractivity contribution in [1.82, 2.24) is 0 Å². The zero-order chi connectivity index (χ0) is 47.1. The molecule has 0 radical (unpaired) electrons. The monoisotopic (exact) mass is 888 g/mol. The number of ether oxygens (including phenoxy) is 2. The van der Waals surface area contributed by atoms with E-state index in [1.807, 2.05) is 62.4 Å². The lowest BCUT2D eigenvalue weighted by Gasteiger charge is -2.31. The maximum atomic E-state index is 12.9. The minimum atomic E-state index is -0.345. The SMILES string of the molecule is CCOC(=O)c1ccc(-c2cc(N(c3ccc(C)cc3)c3ccc(C)cc3)c3ccc4c(-c5ccc(C(=O)OCC)cc5)cc(N(c5ccc(C)cc5)c5ccc(C)cc5)c5ccc2c3c45)cc1. The highest BCUT2D eigenvalue weighted by Gasteiger charge is 2.26. The molecule has 0 unspecified atom stereocenters. The van der Waals surface area contributed by atoms with E-state index in [1.54, 1.807) is 0 Å². The summed E-state index contributed by atoms with van der Waals surface area (Å²) in [5.41, 5.74) is 15.9. The van der Waals surface area contributed by atoms with Gasteiger partial charge in [0.15, 0.2) is 0 Å². The van der Waals surface area contributed by atoms with Gasteiger partial charge in [-0.2, -0.15) is 0 Å². The Bertz CT molecular complexity index is 3130. The van der Waals surface area contributed by atoms with Crippen LogP contribution in [0.5, 0.6) is 0 Å². The first-order valence-electron chi connectivity index (χ1n) is 23.3. The zero-order valence-electron chi connectivity index (χ0n) is 39.3. The summed E-state index contributed by atoms with van der Waals surface area (Å²) >= 11 is 0. The van der Waals surface area contributed by atoms with Crippen LogP contribution < -0.4 is 9.80 Å². The first-order chi connectivity index (χ1) is 33.1. The van der Waals surface area contributed by atoms with Crippen LogP contribution in [-0.4, -0.2) is 25.2 Å². The number of hydrogen-bond donors (Lipinski definition) is 0. The highest BCUT2D eigenvalue weighted by atomic mass is 16.5. The molecule has 0 atom stereocenters. The van der Waals surface area contributed by atoms with E-state index in [9.17, 15) is 9.59 Å². The lowest BCUT2D eigenvalue weighted by atomic mass is 9.85. The molecule has 0 amide bonds. The van der Waals surface area contributed by atoms with Crippen molar-refractivity contribution in [3.05, 3.63) is 215 Å². The maximum absolute atomic E-state index is 12.9. The second-order valence-electron chi connectivity index (χ2n) is 17.6. The lowest BCUT2D eigenvalue weighted by Crippen LogP contribution is -2.12.